The molecule has 1 heterocycles. The van der Waals surface area contributed by atoms with Gasteiger partial charge in [0, 0.05) is 11.1 Å². The highest BCUT2D eigenvalue weighted by atomic mass is 16.2. The molecule has 4 saturated carbocycles. The molecule has 8 nitrogen and oxygen atoms in total. The van der Waals surface area contributed by atoms with Crippen LogP contribution in [0.15, 0.2) is 30.3 Å². The van der Waals surface area contributed by atoms with Crippen LogP contribution in [0.3, 0.4) is 0 Å². The molecule has 4 bridgehead atoms. The van der Waals surface area contributed by atoms with Gasteiger partial charge in [-0.15, -0.1) is 10.2 Å². The number of imide groups is 1. The van der Waals surface area contributed by atoms with Gasteiger partial charge in [0.25, 0.3) is 5.91 Å². The number of hydrogen-bond acceptors (Lipinski definition) is 5. The standard InChI is InChI=1S/C20H24N6O2/c27-17(12-26-24-18(23-25-26)16-4-2-1-3-5-16)21-19(28)22-20-9-13-6-14(10-20)8-15(7-13)11-20/h1-5,13-15H,6-12H2,(H2,21,22,27,28). The molecule has 2 N–H and O–H groups in total. The maximum Gasteiger partial charge on any atom is 0.321 e. The summed E-state index contributed by atoms with van der Waals surface area (Å²) in [6.45, 7) is -0.145. The van der Waals surface area contributed by atoms with Gasteiger partial charge in [-0.05, 0) is 61.5 Å². The smallest absolute Gasteiger partial charge is 0.321 e. The van der Waals surface area contributed by atoms with Crippen LogP contribution >= 0.6 is 0 Å². The molecule has 8 heteroatoms. The van der Waals surface area contributed by atoms with E-state index in [1.54, 1.807) is 0 Å². The average molecular weight is 380 g/mol. The van der Waals surface area contributed by atoms with E-state index in [-0.39, 0.29) is 12.1 Å². The van der Waals surface area contributed by atoms with Crippen LogP contribution in [0.1, 0.15) is 38.5 Å². The molecule has 4 aliphatic rings. The molecule has 2 aromatic rings. The van der Waals surface area contributed by atoms with E-state index in [0.717, 1.165) is 42.6 Å². The van der Waals surface area contributed by atoms with Gasteiger partial charge in [0.05, 0.1) is 0 Å². The van der Waals surface area contributed by atoms with Crippen LogP contribution in [0, 0.1) is 17.8 Å². The first-order valence-corrected chi connectivity index (χ1v) is 10.0. The summed E-state index contributed by atoms with van der Waals surface area (Å²) in [6, 6.07) is 9.02. The minimum absolute atomic E-state index is 0.120. The Morgan fingerprint density at radius 1 is 1.04 bits per heavy atom. The van der Waals surface area contributed by atoms with Crippen LogP contribution in [-0.4, -0.2) is 37.7 Å². The Hall–Kier alpha value is -2.77. The summed E-state index contributed by atoms with van der Waals surface area (Å²) >= 11 is 0. The maximum absolute atomic E-state index is 12.4. The molecule has 0 aliphatic heterocycles. The molecule has 1 aromatic heterocycles. The van der Waals surface area contributed by atoms with E-state index < -0.39 is 11.9 Å². The SMILES string of the molecule is O=C(Cn1nnc(-c2ccccc2)n1)NC(=O)NC12CC3CC(CC(C3)C1)C2. The molecule has 0 spiro atoms. The van der Waals surface area contributed by atoms with E-state index in [1.165, 1.54) is 24.1 Å². The molecule has 0 atom stereocenters. The second-order valence-corrected chi connectivity index (χ2v) is 8.71. The molecule has 3 amide bonds. The topological polar surface area (TPSA) is 102 Å². The van der Waals surface area contributed by atoms with Gasteiger partial charge in [0.2, 0.25) is 5.82 Å². The number of urea groups is 1. The predicted octanol–water partition coefficient (Wildman–Crippen LogP) is 2.13. The predicted molar refractivity (Wildman–Crippen MR) is 101 cm³/mol. The number of hydrogen-bond donors (Lipinski definition) is 2. The van der Waals surface area contributed by atoms with E-state index in [1.807, 2.05) is 30.3 Å². The maximum atomic E-state index is 12.4. The first kappa shape index (κ1) is 17.3. The molecule has 4 aliphatic carbocycles. The number of nitrogens with zero attached hydrogens (tertiary/aromatic N) is 4. The van der Waals surface area contributed by atoms with Crippen molar-refractivity contribution >= 4 is 11.9 Å². The fraction of sp³-hybridized carbons (Fsp3) is 0.550. The van der Waals surface area contributed by atoms with Crippen molar-refractivity contribution in [2.45, 2.75) is 50.6 Å². The Kier molecular flexibility index (Phi) is 4.14. The van der Waals surface area contributed by atoms with Gasteiger partial charge >= 0.3 is 6.03 Å². The number of nitrogens with one attached hydrogen (secondary N) is 2. The Morgan fingerprint density at radius 2 is 1.68 bits per heavy atom. The molecule has 0 radical (unpaired) electrons. The highest BCUT2D eigenvalue weighted by Crippen LogP contribution is 2.55. The van der Waals surface area contributed by atoms with E-state index in [9.17, 15) is 9.59 Å². The monoisotopic (exact) mass is 380 g/mol. The minimum Gasteiger partial charge on any atom is -0.332 e. The fourth-order valence-corrected chi connectivity index (χ4v) is 5.84. The largest absolute Gasteiger partial charge is 0.332 e. The van der Waals surface area contributed by atoms with Gasteiger partial charge in [0.1, 0.15) is 6.54 Å². The lowest BCUT2D eigenvalue weighted by Gasteiger charge is -2.56. The van der Waals surface area contributed by atoms with Crippen molar-refractivity contribution in [2.24, 2.45) is 17.8 Å². The van der Waals surface area contributed by atoms with Crippen LogP contribution in [0.4, 0.5) is 4.79 Å². The van der Waals surface area contributed by atoms with E-state index in [4.69, 9.17) is 0 Å². The fourth-order valence-electron chi connectivity index (χ4n) is 5.84. The molecular weight excluding hydrogens is 356 g/mol. The van der Waals surface area contributed by atoms with Gasteiger partial charge in [-0.2, -0.15) is 4.80 Å². The van der Waals surface area contributed by atoms with Crippen molar-refractivity contribution in [3.63, 3.8) is 0 Å². The van der Waals surface area contributed by atoms with Crippen molar-refractivity contribution in [1.82, 2.24) is 30.8 Å². The van der Waals surface area contributed by atoms with E-state index in [2.05, 4.69) is 26.0 Å². The number of tetrazole rings is 1. The van der Waals surface area contributed by atoms with Gasteiger partial charge < -0.3 is 5.32 Å². The molecule has 1 aromatic carbocycles. The van der Waals surface area contributed by atoms with Gasteiger partial charge in [-0.1, -0.05) is 30.3 Å². The normalized spacial score (nSPS) is 30.2. The number of amides is 3. The van der Waals surface area contributed by atoms with Crippen LogP contribution in [0.5, 0.6) is 0 Å². The summed E-state index contributed by atoms with van der Waals surface area (Å²) in [4.78, 5) is 25.9. The van der Waals surface area contributed by atoms with Crippen molar-refractivity contribution in [3.8, 4) is 11.4 Å². The summed E-state index contributed by atoms with van der Waals surface area (Å²) in [5, 5.41) is 17.7. The van der Waals surface area contributed by atoms with Crippen molar-refractivity contribution < 1.29 is 9.59 Å². The molecule has 28 heavy (non-hydrogen) atoms. The summed E-state index contributed by atoms with van der Waals surface area (Å²) < 4.78 is 0. The Bertz CT molecular complexity index is 858. The summed E-state index contributed by atoms with van der Waals surface area (Å²) in [7, 11) is 0. The lowest BCUT2D eigenvalue weighted by Crippen LogP contribution is -2.62. The number of rotatable bonds is 4. The van der Waals surface area contributed by atoms with Crippen LogP contribution in [0.2, 0.25) is 0 Å². The van der Waals surface area contributed by atoms with E-state index >= 15 is 0 Å². The number of carbonyl (C=O) groups excluding carboxylic acids is 2. The second-order valence-electron chi connectivity index (χ2n) is 8.71. The first-order valence-electron chi connectivity index (χ1n) is 10.0. The molecule has 0 saturated heterocycles. The summed E-state index contributed by atoms with van der Waals surface area (Å²) in [5.41, 5.74) is 0.708. The molecule has 146 valence electrons. The Morgan fingerprint density at radius 3 is 2.32 bits per heavy atom. The number of aromatic nitrogens is 4. The van der Waals surface area contributed by atoms with Crippen LogP contribution in [0.25, 0.3) is 11.4 Å². The quantitative estimate of drug-likeness (QED) is 0.846. The highest BCUT2D eigenvalue weighted by molar-refractivity contribution is 5.94. The van der Waals surface area contributed by atoms with Gasteiger partial charge in [-0.25, -0.2) is 4.79 Å². The third-order valence-electron chi connectivity index (χ3n) is 6.44. The van der Waals surface area contributed by atoms with Crippen molar-refractivity contribution in [3.05, 3.63) is 30.3 Å². The second kappa shape index (κ2) is 6.68. The highest BCUT2D eigenvalue weighted by Gasteiger charge is 2.51. The lowest BCUT2D eigenvalue weighted by molar-refractivity contribution is -0.121. The molecular formula is C20H24N6O2. The lowest BCUT2D eigenvalue weighted by atomic mass is 9.53. The van der Waals surface area contributed by atoms with Crippen molar-refractivity contribution in [1.29, 1.82) is 0 Å². The zero-order valence-corrected chi connectivity index (χ0v) is 15.7. The zero-order valence-electron chi connectivity index (χ0n) is 15.7. The van der Waals surface area contributed by atoms with Crippen LogP contribution < -0.4 is 10.6 Å². The molecule has 4 fully saturated rings. The molecule has 6 rings (SSSR count). The zero-order chi connectivity index (χ0) is 19.1. The first-order chi connectivity index (χ1) is 13.6. The van der Waals surface area contributed by atoms with Gasteiger partial charge in [0.15, 0.2) is 0 Å². The number of benzene rings is 1. The van der Waals surface area contributed by atoms with Gasteiger partial charge in [-0.3, -0.25) is 10.1 Å². The Balaban J connectivity index is 1.17. The molecule has 0 unspecified atom stereocenters. The van der Waals surface area contributed by atoms with Crippen molar-refractivity contribution in [2.75, 3.05) is 0 Å². The average Bonchev–Trinajstić information content (AvgIpc) is 3.09. The van der Waals surface area contributed by atoms with Crippen LogP contribution in [-0.2, 0) is 11.3 Å². The van der Waals surface area contributed by atoms with E-state index in [0.29, 0.717) is 5.82 Å². The third kappa shape index (κ3) is 3.39. The Labute approximate surface area is 163 Å². The summed E-state index contributed by atoms with van der Waals surface area (Å²) in [5.74, 6) is 2.21. The third-order valence-corrected chi connectivity index (χ3v) is 6.44. The summed E-state index contributed by atoms with van der Waals surface area (Å²) in [6.07, 6.45) is 7.07. The number of carbonyl (C=O) groups is 2. The minimum atomic E-state index is -0.445.